The van der Waals surface area contributed by atoms with Gasteiger partial charge in [-0.3, -0.25) is 5.10 Å². The minimum atomic E-state index is 0.505. The number of nitrogens with zero attached hydrogens (tertiary/aromatic N) is 2. The van der Waals surface area contributed by atoms with Gasteiger partial charge in [-0.05, 0) is 54.4 Å². The van der Waals surface area contributed by atoms with Gasteiger partial charge in [0.2, 0.25) is 4.77 Å². The van der Waals surface area contributed by atoms with Gasteiger partial charge in [0.15, 0.2) is 17.3 Å². The summed E-state index contributed by atoms with van der Waals surface area (Å²) in [5.41, 5.74) is 6.75. The first-order valence-corrected chi connectivity index (χ1v) is 9.77. The van der Waals surface area contributed by atoms with Gasteiger partial charge in [0.1, 0.15) is 6.61 Å². The number of methoxy groups -OCH3 is 1. The zero-order valence-electron chi connectivity index (χ0n) is 16.5. The number of hydrogen-bond acceptors (Lipinski definition) is 5. The lowest BCUT2D eigenvalue weighted by atomic mass is 10.1. The molecule has 0 spiro atoms. The van der Waals surface area contributed by atoms with Crippen LogP contribution >= 0.6 is 12.2 Å². The van der Waals surface area contributed by atoms with Crippen LogP contribution in [0.25, 0.3) is 0 Å². The maximum atomic E-state index is 5.99. The van der Waals surface area contributed by atoms with E-state index >= 15 is 0 Å². The van der Waals surface area contributed by atoms with E-state index in [4.69, 9.17) is 21.7 Å². The van der Waals surface area contributed by atoms with Gasteiger partial charge in [-0.1, -0.05) is 37.3 Å². The summed E-state index contributed by atoms with van der Waals surface area (Å²) < 4.78 is 13.9. The first-order chi connectivity index (χ1) is 13.6. The van der Waals surface area contributed by atoms with Gasteiger partial charge in [0.25, 0.3) is 0 Å². The molecule has 7 heteroatoms. The molecule has 2 aromatic carbocycles. The Morgan fingerprint density at radius 3 is 2.75 bits per heavy atom. The van der Waals surface area contributed by atoms with Crippen molar-refractivity contribution in [3.8, 4) is 11.5 Å². The fraction of sp³-hybridized carbons (Fsp3) is 0.333. The van der Waals surface area contributed by atoms with Crippen molar-refractivity contribution < 1.29 is 9.47 Å². The lowest BCUT2D eigenvalue weighted by Gasteiger charge is -2.14. The van der Waals surface area contributed by atoms with Crippen molar-refractivity contribution in [2.45, 2.75) is 39.8 Å². The normalized spacial score (nSPS) is 10.7. The topological polar surface area (TPSA) is 64.1 Å². The molecule has 3 rings (SSSR count). The van der Waals surface area contributed by atoms with Crippen molar-refractivity contribution in [3.63, 3.8) is 0 Å². The smallest absolute Gasteiger partial charge is 0.214 e. The third-order valence-electron chi connectivity index (χ3n) is 4.53. The SMILES string of the molecule is CCCc1n[nH]c(=S)n1NCc1ccc(OCc2ccccc2C)c(OC)c1. The van der Waals surface area contributed by atoms with Gasteiger partial charge in [-0.2, -0.15) is 5.10 Å². The van der Waals surface area contributed by atoms with Crippen molar-refractivity contribution >= 4 is 12.2 Å². The Labute approximate surface area is 170 Å². The number of aryl methyl sites for hydroxylation is 2. The maximum absolute atomic E-state index is 5.99. The van der Waals surface area contributed by atoms with Gasteiger partial charge in [0, 0.05) is 6.42 Å². The molecule has 0 aliphatic carbocycles. The summed E-state index contributed by atoms with van der Waals surface area (Å²) in [5, 5.41) is 7.10. The van der Waals surface area contributed by atoms with Crippen LogP contribution in [0.4, 0.5) is 0 Å². The third kappa shape index (κ3) is 4.72. The van der Waals surface area contributed by atoms with Crippen LogP contribution in [0.15, 0.2) is 42.5 Å². The molecule has 0 radical (unpaired) electrons. The molecule has 6 nitrogen and oxygen atoms in total. The van der Waals surface area contributed by atoms with Crippen LogP contribution < -0.4 is 14.9 Å². The molecule has 0 atom stereocenters. The Balaban J connectivity index is 1.68. The van der Waals surface area contributed by atoms with E-state index < -0.39 is 0 Å². The minimum absolute atomic E-state index is 0.505. The van der Waals surface area contributed by atoms with Crippen LogP contribution in [0.5, 0.6) is 11.5 Å². The molecule has 1 heterocycles. The molecule has 0 unspecified atom stereocenters. The molecule has 28 heavy (non-hydrogen) atoms. The quantitative estimate of drug-likeness (QED) is 0.519. The fourth-order valence-electron chi connectivity index (χ4n) is 2.92. The Bertz CT molecular complexity index is 981. The number of hydrogen-bond donors (Lipinski definition) is 2. The maximum Gasteiger partial charge on any atom is 0.214 e. The number of aromatic amines is 1. The second-order valence-electron chi connectivity index (χ2n) is 6.57. The van der Waals surface area contributed by atoms with Gasteiger partial charge < -0.3 is 14.9 Å². The third-order valence-corrected chi connectivity index (χ3v) is 4.80. The number of aromatic nitrogens is 3. The Morgan fingerprint density at radius 2 is 2.00 bits per heavy atom. The minimum Gasteiger partial charge on any atom is -0.493 e. The fourth-order valence-corrected chi connectivity index (χ4v) is 3.14. The highest BCUT2D eigenvalue weighted by atomic mass is 32.1. The van der Waals surface area contributed by atoms with E-state index in [0.717, 1.165) is 35.5 Å². The number of benzene rings is 2. The molecule has 0 aliphatic heterocycles. The number of nitrogens with one attached hydrogen (secondary N) is 2. The molecular weight excluding hydrogens is 372 g/mol. The van der Waals surface area contributed by atoms with E-state index in [9.17, 15) is 0 Å². The molecule has 0 aliphatic rings. The van der Waals surface area contributed by atoms with Gasteiger partial charge in [-0.15, -0.1) is 0 Å². The highest BCUT2D eigenvalue weighted by Gasteiger charge is 2.09. The zero-order chi connectivity index (χ0) is 19.9. The first-order valence-electron chi connectivity index (χ1n) is 9.36. The predicted octanol–water partition coefficient (Wildman–Crippen LogP) is 4.53. The highest BCUT2D eigenvalue weighted by molar-refractivity contribution is 7.71. The van der Waals surface area contributed by atoms with Crippen molar-refractivity contribution in [3.05, 3.63) is 69.8 Å². The molecular formula is C21H26N4O2S. The monoisotopic (exact) mass is 398 g/mol. The van der Waals surface area contributed by atoms with Crippen LogP contribution in [0.1, 0.15) is 35.9 Å². The summed E-state index contributed by atoms with van der Waals surface area (Å²) in [4.78, 5) is 0. The van der Waals surface area contributed by atoms with E-state index in [2.05, 4.69) is 41.6 Å². The molecule has 0 fully saturated rings. The summed E-state index contributed by atoms with van der Waals surface area (Å²) in [6, 6.07) is 14.1. The van der Waals surface area contributed by atoms with Crippen molar-refractivity contribution in [2.24, 2.45) is 0 Å². The van der Waals surface area contributed by atoms with Crippen LogP contribution in [0, 0.1) is 11.7 Å². The molecule has 2 N–H and O–H groups in total. The molecule has 1 aromatic heterocycles. The molecule has 0 amide bonds. The second-order valence-corrected chi connectivity index (χ2v) is 6.95. The van der Waals surface area contributed by atoms with Gasteiger partial charge in [-0.25, -0.2) is 4.68 Å². The van der Waals surface area contributed by atoms with Gasteiger partial charge >= 0.3 is 0 Å². The van der Waals surface area contributed by atoms with E-state index in [1.165, 1.54) is 5.56 Å². The predicted molar refractivity (Wildman–Crippen MR) is 113 cm³/mol. The molecule has 0 bridgehead atoms. The van der Waals surface area contributed by atoms with Crippen LogP contribution in [0.3, 0.4) is 0 Å². The average Bonchev–Trinajstić information content (AvgIpc) is 3.05. The Morgan fingerprint density at radius 1 is 1.18 bits per heavy atom. The van der Waals surface area contributed by atoms with E-state index in [-0.39, 0.29) is 0 Å². The summed E-state index contributed by atoms with van der Waals surface area (Å²) in [6.07, 6.45) is 1.86. The van der Waals surface area contributed by atoms with Crippen LogP contribution in [-0.2, 0) is 19.6 Å². The van der Waals surface area contributed by atoms with E-state index in [1.54, 1.807) is 7.11 Å². The lowest BCUT2D eigenvalue weighted by Crippen LogP contribution is -2.17. The summed E-state index contributed by atoms with van der Waals surface area (Å²) in [6.45, 7) is 5.30. The second kappa shape index (κ2) is 9.41. The van der Waals surface area contributed by atoms with Crippen LogP contribution in [0.2, 0.25) is 0 Å². The molecule has 148 valence electrons. The van der Waals surface area contributed by atoms with Crippen molar-refractivity contribution in [1.82, 2.24) is 14.9 Å². The number of ether oxygens (including phenoxy) is 2. The number of H-pyrrole nitrogens is 1. The zero-order valence-corrected chi connectivity index (χ0v) is 17.3. The van der Waals surface area contributed by atoms with Gasteiger partial charge in [0.05, 0.1) is 13.7 Å². The largest absolute Gasteiger partial charge is 0.493 e. The molecule has 0 saturated carbocycles. The standard InChI is InChI=1S/C21H26N4O2S/c1-4-7-20-23-24-21(28)25(20)22-13-16-10-11-18(19(12-16)26-3)27-14-17-9-6-5-8-15(17)2/h5-6,8-12,22H,4,7,13-14H2,1-3H3,(H,24,28). The first kappa shape index (κ1) is 19.9. The summed E-state index contributed by atoms with van der Waals surface area (Å²) >= 11 is 5.30. The average molecular weight is 399 g/mol. The summed E-state index contributed by atoms with van der Waals surface area (Å²) in [5.74, 6) is 2.33. The Hall–Kier alpha value is -2.80. The summed E-state index contributed by atoms with van der Waals surface area (Å²) in [7, 11) is 1.65. The van der Waals surface area contributed by atoms with Crippen LogP contribution in [-0.4, -0.2) is 22.0 Å². The highest BCUT2D eigenvalue weighted by Crippen LogP contribution is 2.29. The Kier molecular flexibility index (Phi) is 6.71. The van der Waals surface area contributed by atoms with Crippen molar-refractivity contribution in [2.75, 3.05) is 12.5 Å². The molecule has 0 saturated heterocycles. The molecule has 3 aromatic rings. The van der Waals surface area contributed by atoms with Crippen molar-refractivity contribution in [1.29, 1.82) is 0 Å². The van der Waals surface area contributed by atoms with E-state index in [0.29, 0.717) is 23.7 Å². The number of rotatable bonds is 9. The van der Waals surface area contributed by atoms with E-state index in [1.807, 2.05) is 35.0 Å². The lowest BCUT2D eigenvalue weighted by molar-refractivity contribution is 0.283.